The van der Waals surface area contributed by atoms with Crippen molar-refractivity contribution in [3.8, 4) is 0 Å². The molecule has 0 aliphatic rings. The lowest BCUT2D eigenvalue weighted by atomic mass is 10.2. The van der Waals surface area contributed by atoms with Gasteiger partial charge >= 0.3 is 8.80 Å². The van der Waals surface area contributed by atoms with Crippen molar-refractivity contribution in [1.82, 2.24) is 0 Å². The minimum atomic E-state index is -2.99. The number of rotatable bonds is 11. The van der Waals surface area contributed by atoms with E-state index in [-0.39, 0.29) is 0 Å². The summed E-state index contributed by atoms with van der Waals surface area (Å²) in [4.78, 5) is 0. The predicted molar refractivity (Wildman–Crippen MR) is 106 cm³/mol. The van der Waals surface area contributed by atoms with Gasteiger partial charge in [-0.2, -0.15) is 0 Å². The SMILES string of the molecule is C=Cc1cccc([Si](OCCC)(OCCC)OCc2ccccc2)c1. The van der Waals surface area contributed by atoms with Gasteiger partial charge in [0.2, 0.25) is 0 Å². The van der Waals surface area contributed by atoms with Gasteiger partial charge in [-0.05, 0) is 30.0 Å². The quantitative estimate of drug-likeness (QED) is 0.553. The van der Waals surface area contributed by atoms with Gasteiger partial charge in [-0.3, -0.25) is 0 Å². The van der Waals surface area contributed by atoms with E-state index in [1.807, 2.05) is 42.5 Å². The van der Waals surface area contributed by atoms with Crippen LogP contribution in [0.1, 0.15) is 37.8 Å². The van der Waals surface area contributed by atoms with Crippen molar-refractivity contribution >= 4 is 20.1 Å². The van der Waals surface area contributed by atoms with Crippen LogP contribution in [0, 0.1) is 0 Å². The van der Waals surface area contributed by atoms with Crippen LogP contribution in [0.15, 0.2) is 61.2 Å². The van der Waals surface area contributed by atoms with E-state index < -0.39 is 8.80 Å². The van der Waals surface area contributed by atoms with E-state index in [4.69, 9.17) is 13.3 Å². The molecule has 0 saturated heterocycles. The molecule has 0 aliphatic heterocycles. The molecule has 0 unspecified atom stereocenters. The van der Waals surface area contributed by atoms with Gasteiger partial charge in [0.25, 0.3) is 0 Å². The molecule has 0 amide bonds. The van der Waals surface area contributed by atoms with Crippen molar-refractivity contribution in [1.29, 1.82) is 0 Å². The molecular weight excluding hydrogens is 328 g/mol. The Bertz CT molecular complexity index is 635. The molecular formula is C21H28O3Si. The summed E-state index contributed by atoms with van der Waals surface area (Å²) < 4.78 is 18.9. The maximum atomic E-state index is 6.37. The highest BCUT2D eigenvalue weighted by atomic mass is 28.4. The Kier molecular flexibility index (Phi) is 8.08. The van der Waals surface area contributed by atoms with E-state index in [0.717, 1.165) is 29.2 Å². The zero-order valence-corrected chi connectivity index (χ0v) is 16.2. The minimum absolute atomic E-state index is 0.471. The molecule has 134 valence electrons. The molecule has 0 N–H and O–H groups in total. The van der Waals surface area contributed by atoms with Crippen molar-refractivity contribution in [3.63, 3.8) is 0 Å². The molecule has 25 heavy (non-hydrogen) atoms. The summed E-state index contributed by atoms with van der Waals surface area (Å²) in [6, 6.07) is 18.3. The van der Waals surface area contributed by atoms with E-state index >= 15 is 0 Å². The summed E-state index contributed by atoms with van der Waals surface area (Å²) in [7, 11) is -2.99. The largest absolute Gasteiger partial charge is 0.537 e. The molecule has 0 heterocycles. The van der Waals surface area contributed by atoms with Gasteiger partial charge < -0.3 is 13.3 Å². The molecule has 4 heteroatoms. The van der Waals surface area contributed by atoms with Gasteiger partial charge in [0.05, 0.1) is 6.61 Å². The fourth-order valence-corrected chi connectivity index (χ4v) is 5.15. The second-order valence-corrected chi connectivity index (χ2v) is 8.41. The first-order valence-electron chi connectivity index (χ1n) is 8.93. The van der Waals surface area contributed by atoms with Crippen molar-refractivity contribution in [2.45, 2.75) is 33.3 Å². The number of hydrogen-bond donors (Lipinski definition) is 0. The first-order valence-corrected chi connectivity index (χ1v) is 10.6. The molecule has 0 aromatic heterocycles. The Balaban J connectivity index is 2.33. The van der Waals surface area contributed by atoms with Gasteiger partial charge in [0.1, 0.15) is 0 Å². The van der Waals surface area contributed by atoms with Crippen LogP contribution in [0.25, 0.3) is 6.08 Å². The third-order valence-corrected chi connectivity index (χ3v) is 6.45. The fraction of sp³-hybridized carbons (Fsp3) is 0.333. The van der Waals surface area contributed by atoms with Crippen molar-refractivity contribution in [2.75, 3.05) is 13.2 Å². The monoisotopic (exact) mass is 356 g/mol. The van der Waals surface area contributed by atoms with Crippen molar-refractivity contribution in [2.24, 2.45) is 0 Å². The summed E-state index contributed by atoms with van der Waals surface area (Å²) in [5.74, 6) is 0. The smallest absolute Gasteiger partial charge is 0.370 e. The lowest BCUT2D eigenvalue weighted by molar-refractivity contribution is 0.0675. The average molecular weight is 357 g/mol. The van der Waals surface area contributed by atoms with Crippen LogP contribution in [0.4, 0.5) is 0 Å². The Morgan fingerprint density at radius 3 is 2.16 bits per heavy atom. The van der Waals surface area contributed by atoms with E-state index in [1.165, 1.54) is 0 Å². The predicted octanol–water partition coefficient (Wildman–Crippen LogP) is 4.55. The Morgan fingerprint density at radius 2 is 1.56 bits per heavy atom. The molecule has 0 saturated carbocycles. The average Bonchev–Trinajstić information content (AvgIpc) is 2.68. The second kappa shape index (κ2) is 10.3. The fourth-order valence-electron chi connectivity index (χ4n) is 2.46. The molecule has 0 atom stereocenters. The topological polar surface area (TPSA) is 27.7 Å². The van der Waals surface area contributed by atoms with Gasteiger partial charge in [-0.1, -0.05) is 75.0 Å². The standard InChI is InChI=1S/C21H28O3Si/c1-4-15-22-25(23-16-5-2,21-14-10-13-19(6-3)17-21)24-18-20-11-8-7-9-12-20/h6-14,17H,3-5,15-16,18H2,1-2H3. The van der Waals surface area contributed by atoms with Crippen molar-refractivity contribution in [3.05, 3.63) is 72.3 Å². The minimum Gasteiger partial charge on any atom is -0.370 e. The summed E-state index contributed by atoms with van der Waals surface area (Å²) in [6.45, 7) is 9.75. The molecule has 2 aromatic carbocycles. The van der Waals surface area contributed by atoms with Gasteiger partial charge in [-0.15, -0.1) is 0 Å². The first kappa shape index (κ1) is 19.6. The lowest BCUT2D eigenvalue weighted by Crippen LogP contribution is -2.57. The molecule has 0 bridgehead atoms. The van der Waals surface area contributed by atoms with Crippen LogP contribution in [-0.4, -0.2) is 22.0 Å². The molecule has 2 rings (SSSR count). The van der Waals surface area contributed by atoms with Crippen LogP contribution < -0.4 is 5.19 Å². The maximum absolute atomic E-state index is 6.37. The zero-order valence-electron chi connectivity index (χ0n) is 15.2. The highest BCUT2D eigenvalue weighted by Crippen LogP contribution is 2.16. The van der Waals surface area contributed by atoms with Gasteiger partial charge in [0.15, 0.2) is 0 Å². The Labute approximate surface area is 152 Å². The normalized spacial score (nSPS) is 11.4. The third kappa shape index (κ3) is 5.65. The van der Waals surface area contributed by atoms with E-state index in [0.29, 0.717) is 19.8 Å². The van der Waals surface area contributed by atoms with E-state index in [1.54, 1.807) is 0 Å². The molecule has 3 nitrogen and oxygen atoms in total. The summed E-state index contributed by atoms with van der Waals surface area (Å²) in [5.41, 5.74) is 2.15. The third-order valence-electron chi connectivity index (χ3n) is 3.74. The molecule has 0 spiro atoms. The van der Waals surface area contributed by atoms with Gasteiger partial charge in [-0.25, -0.2) is 0 Å². The van der Waals surface area contributed by atoms with Gasteiger partial charge in [0, 0.05) is 18.4 Å². The molecule has 0 radical (unpaired) electrons. The van der Waals surface area contributed by atoms with Crippen LogP contribution in [0.3, 0.4) is 0 Å². The van der Waals surface area contributed by atoms with Crippen LogP contribution in [-0.2, 0) is 19.9 Å². The Hall–Kier alpha value is -1.72. The summed E-state index contributed by atoms with van der Waals surface area (Å²) in [6.07, 6.45) is 3.67. The first-order chi connectivity index (χ1) is 12.2. The van der Waals surface area contributed by atoms with Crippen LogP contribution in [0.5, 0.6) is 0 Å². The van der Waals surface area contributed by atoms with Crippen molar-refractivity contribution < 1.29 is 13.3 Å². The van der Waals surface area contributed by atoms with E-state index in [2.05, 4.69) is 38.6 Å². The lowest BCUT2D eigenvalue weighted by Gasteiger charge is -2.30. The second-order valence-electron chi connectivity index (χ2n) is 5.86. The van der Waals surface area contributed by atoms with Crippen LogP contribution >= 0.6 is 0 Å². The highest BCUT2D eigenvalue weighted by molar-refractivity contribution is 6.75. The van der Waals surface area contributed by atoms with E-state index in [9.17, 15) is 0 Å². The van der Waals surface area contributed by atoms with Crippen LogP contribution in [0.2, 0.25) is 0 Å². The summed E-state index contributed by atoms with van der Waals surface area (Å²) >= 11 is 0. The maximum Gasteiger partial charge on any atom is 0.537 e. The highest BCUT2D eigenvalue weighted by Gasteiger charge is 2.44. The molecule has 0 aliphatic carbocycles. The number of hydrogen-bond acceptors (Lipinski definition) is 3. The molecule has 2 aromatic rings. The summed E-state index contributed by atoms with van der Waals surface area (Å²) in [5, 5.41) is 0.989. The number of benzene rings is 2. The Morgan fingerprint density at radius 1 is 0.880 bits per heavy atom. The zero-order chi connectivity index (χ0) is 18.0. The molecule has 0 fully saturated rings.